The molecule has 0 fully saturated rings. The van der Waals surface area contributed by atoms with Crippen LogP contribution in [0, 0.1) is 0 Å². The van der Waals surface area contributed by atoms with E-state index >= 15 is 0 Å². The maximum Gasteiger partial charge on any atom is 0.0814 e. The molecule has 0 aliphatic rings. The fraction of sp³-hybridized carbons (Fsp3) is 0. The molecule has 0 bridgehead atoms. The van der Waals surface area contributed by atoms with Crippen molar-refractivity contribution in [3.8, 4) is 0 Å². The zero-order valence-corrected chi connectivity index (χ0v) is 4.98. The third-order valence-corrected chi connectivity index (χ3v) is 0. The molecule has 0 rings (SSSR count). The van der Waals surface area contributed by atoms with Gasteiger partial charge in [0.15, 0.2) is 0 Å². The van der Waals surface area contributed by atoms with Crippen LogP contribution in [0.5, 0.6) is 0 Å². The third-order valence-electron chi connectivity index (χ3n) is 0. The molecule has 0 saturated heterocycles. The summed E-state index contributed by atoms with van der Waals surface area (Å²) in [6.45, 7) is 0. The molecule has 0 aromatic carbocycles. The van der Waals surface area contributed by atoms with Crippen LogP contribution in [0.3, 0.4) is 0 Å². The van der Waals surface area contributed by atoms with Crippen molar-refractivity contribution in [1.82, 2.24) is 0 Å². The van der Waals surface area contributed by atoms with Crippen LogP contribution in [-0.4, -0.2) is 8.41 Å². The molecule has 0 N–H and O–H groups in total. The Morgan fingerprint density at radius 3 is 0.600 bits per heavy atom. The Bertz CT molecular complexity index is 6.85. The summed E-state index contributed by atoms with van der Waals surface area (Å²) in [5, 5.41) is 0. The van der Waals surface area contributed by atoms with Crippen molar-refractivity contribution >= 4 is 45.6 Å². The molecule has 0 atom stereocenters. The fourth-order valence-electron chi connectivity index (χ4n) is 0. The van der Waals surface area contributed by atoms with Crippen LogP contribution < -0.4 is 0 Å². The maximum atomic E-state index is 0. The van der Waals surface area contributed by atoms with Crippen LogP contribution in [0.15, 0.2) is 0 Å². The molecule has 0 saturated carbocycles. The molecule has 0 unspecified atom stereocenters. The summed E-state index contributed by atoms with van der Waals surface area (Å²) in [4.78, 5) is 0. The Morgan fingerprint density at radius 1 is 0.600 bits per heavy atom. The van der Waals surface area contributed by atoms with Gasteiger partial charge in [0.05, 0.1) is 8.41 Å². The van der Waals surface area contributed by atoms with Crippen molar-refractivity contribution in [2.75, 3.05) is 0 Å². The van der Waals surface area contributed by atoms with Gasteiger partial charge in [-0.1, -0.05) is 0 Å². The van der Waals surface area contributed by atoms with Crippen molar-refractivity contribution in [2.45, 2.75) is 0 Å². The van der Waals surface area contributed by atoms with E-state index in [9.17, 15) is 0 Å². The van der Waals surface area contributed by atoms with Gasteiger partial charge in [-0.25, -0.2) is 0 Å². The minimum atomic E-state index is 0. The quantitative estimate of drug-likeness (QED) is 0.465. The standard InChI is InChI=1S/BH3.3ClH.Ni/h1H3;3*1H;. The largest absolute Gasteiger partial charge is 0.147 e. The van der Waals surface area contributed by atoms with Gasteiger partial charge in [-0.15, -0.1) is 37.2 Å². The molecule has 0 aromatic heterocycles. The van der Waals surface area contributed by atoms with E-state index in [1.54, 1.807) is 0 Å². The molecular formula is H6BCl3Ni. The Balaban J connectivity index is 0. The van der Waals surface area contributed by atoms with Crippen molar-refractivity contribution in [2.24, 2.45) is 0 Å². The average molecular weight is 182 g/mol. The molecule has 0 aliphatic heterocycles. The van der Waals surface area contributed by atoms with Crippen molar-refractivity contribution < 1.29 is 16.5 Å². The van der Waals surface area contributed by atoms with E-state index in [0.29, 0.717) is 0 Å². The van der Waals surface area contributed by atoms with Gasteiger partial charge in [0, 0.05) is 16.5 Å². The molecule has 5 heteroatoms. The third kappa shape index (κ3) is 31.3. The minimum Gasteiger partial charge on any atom is -0.147 e. The molecule has 0 spiro atoms. The van der Waals surface area contributed by atoms with Gasteiger partial charge >= 0.3 is 0 Å². The average Bonchev–Trinajstić information content (AvgIpc) is 0. The maximum absolute atomic E-state index is 0. The number of hydrogen-bond acceptors (Lipinski definition) is 0. The summed E-state index contributed by atoms with van der Waals surface area (Å²) < 4.78 is 0. The van der Waals surface area contributed by atoms with Crippen LogP contribution in [-0.2, 0) is 16.5 Å². The second kappa shape index (κ2) is 52.2. The molecule has 0 aromatic rings. The van der Waals surface area contributed by atoms with E-state index < -0.39 is 0 Å². The van der Waals surface area contributed by atoms with Gasteiger partial charge in [-0.05, 0) is 0 Å². The molecule has 0 nitrogen and oxygen atoms in total. The predicted octanol–water partition coefficient (Wildman–Crippen LogP) is 0.0790. The van der Waals surface area contributed by atoms with E-state index in [-0.39, 0.29) is 62.1 Å². The van der Waals surface area contributed by atoms with Crippen molar-refractivity contribution in [1.29, 1.82) is 0 Å². The van der Waals surface area contributed by atoms with Crippen molar-refractivity contribution in [3.05, 3.63) is 0 Å². The topological polar surface area (TPSA) is 0 Å². The summed E-state index contributed by atoms with van der Waals surface area (Å²) in [5.41, 5.74) is 0. The summed E-state index contributed by atoms with van der Waals surface area (Å²) in [5.74, 6) is 0. The van der Waals surface area contributed by atoms with Gasteiger partial charge in [0.2, 0.25) is 0 Å². The van der Waals surface area contributed by atoms with Gasteiger partial charge in [-0.2, -0.15) is 0 Å². The Labute approximate surface area is 62.2 Å². The van der Waals surface area contributed by atoms with E-state index in [2.05, 4.69) is 0 Å². The molecule has 0 radical (unpaired) electrons. The van der Waals surface area contributed by atoms with Crippen LogP contribution in [0.1, 0.15) is 0 Å². The van der Waals surface area contributed by atoms with Gasteiger partial charge in [-0.3, -0.25) is 0 Å². The summed E-state index contributed by atoms with van der Waals surface area (Å²) in [6, 6.07) is 0. The van der Waals surface area contributed by atoms with Crippen LogP contribution in [0.4, 0.5) is 0 Å². The van der Waals surface area contributed by atoms with Gasteiger partial charge in [0.1, 0.15) is 0 Å². The molecule has 0 aliphatic carbocycles. The molecule has 0 amide bonds. The smallest absolute Gasteiger partial charge is 0.0814 e. The van der Waals surface area contributed by atoms with E-state index in [0.717, 1.165) is 0 Å². The van der Waals surface area contributed by atoms with Crippen LogP contribution >= 0.6 is 37.2 Å². The minimum absolute atomic E-state index is 0. The summed E-state index contributed by atoms with van der Waals surface area (Å²) in [6.07, 6.45) is 0. The Morgan fingerprint density at radius 2 is 0.600 bits per heavy atom. The first-order valence-corrected chi connectivity index (χ1v) is 0. The van der Waals surface area contributed by atoms with Gasteiger partial charge < -0.3 is 0 Å². The van der Waals surface area contributed by atoms with E-state index in [1.807, 2.05) is 0 Å². The first-order valence-electron chi connectivity index (χ1n) is 0. The second-order valence-electron chi connectivity index (χ2n) is 0. The van der Waals surface area contributed by atoms with Gasteiger partial charge in [0.25, 0.3) is 0 Å². The first-order chi connectivity index (χ1) is 0. The summed E-state index contributed by atoms with van der Waals surface area (Å²) >= 11 is 0. The number of rotatable bonds is 0. The second-order valence-corrected chi connectivity index (χ2v) is 0. The fourth-order valence-corrected chi connectivity index (χ4v) is 0. The Hall–Kier alpha value is 1.43. The number of halogens is 3. The van der Waals surface area contributed by atoms with Crippen LogP contribution in [0.25, 0.3) is 0 Å². The van der Waals surface area contributed by atoms with E-state index in [1.165, 1.54) is 0 Å². The molecule has 40 valence electrons. The summed E-state index contributed by atoms with van der Waals surface area (Å²) in [7, 11) is 0. The molecule has 0 heterocycles. The SMILES string of the molecule is B.Cl.Cl.Cl.[Ni]. The monoisotopic (exact) mass is 180 g/mol. The van der Waals surface area contributed by atoms with Crippen LogP contribution in [0.2, 0.25) is 0 Å². The molecule has 5 heavy (non-hydrogen) atoms. The zero-order valence-electron chi connectivity index (χ0n) is 1.54. The Kier molecular flexibility index (Phi) is 969. The zero-order chi connectivity index (χ0) is 0. The van der Waals surface area contributed by atoms with Crippen molar-refractivity contribution in [3.63, 3.8) is 0 Å². The van der Waals surface area contributed by atoms with E-state index in [4.69, 9.17) is 0 Å². The number of hydrogen-bond donors (Lipinski definition) is 0. The molecular weight excluding hydrogens is 176 g/mol. The first kappa shape index (κ1) is 92.8. The normalized spacial score (nSPS) is 0. The predicted molar refractivity (Wildman–Crippen MR) is 31.7 cm³/mol.